The van der Waals surface area contributed by atoms with Crippen LogP contribution < -0.4 is 4.90 Å². The van der Waals surface area contributed by atoms with E-state index in [0.29, 0.717) is 12.0 Å². The number of fused-ring (bicyclic) bond motifs is 1. The molecule has 0 atom stereocenters. The Morgan fingerprint density at radius 1 is 1.37 bits per heavy atom. The van der Waals surface area contributed by atoms with Gasteiger partial charge in [-0.2, -0.15) is 5.26 Å². The molecule has 0 unspecified atom stereocenters. The molecule has 19 heavy (non-hydrogen) atoms. The van der Waals surface area contributed by atoms with Crippen molar-refractivity contribution in [2.24, 2.45) is 0 Å². The van der Waals surface area contributed by atoms with Crippen LogP contribution in [0.1, 0.15) is 18.9 Å². The summed E-state index contributed by atoms with van der Waals surface area (Å²) in [5.74, 6) is 0.797. The number of hydrogen-bond acceptors (Lipinski definition) is 4. The van der Waals surface area contributed by atoms with Crippen LogP contribution in [-0.4, -0.2) is 29.8 Å². The molecule has 0 spiro atoms. The second-order valence-electron chi connectivity index (χ2n) is 4.31. The van der Waals surface area contributed by atoms with Gasteiger partial charge in [-0.25, -0.2) is 4.98 Å². The molecule has 0 amide bonds. The second-order valence-corrected chi connectivity index (χ2v) is 4.31. The molecule has 0 aliphatic carbocycles. The molecule has 0 fully saturated rings. The van der Waals surface area contributed by atoms with Crippen molar-refractivity contribution in [1.82, 2.24) is 4.98 Å². The van der Waals surface area contributed by atoms with Crippen molar-refractivity contribution in [2.75, 3.05) is 24.6 Å². The van der Waals surface area contributed by atoms with E-state index in [9.17, 15) is 5.26 Å². The summed E-state index contributed by atoms with van der Waals surface area (Å²) in [6.07, 6.45) is 0.699. The maximum absolute atomic E-state index is 9.25. The molecular weight excluding hydrogens is 238 g/mol. The van der Waals surface area contributed by atoms with Crippen molar-refractivity contribution in [3.05, 3.63) is 35.9 Å². The van der Waals surface area contributed by atoms with Crippen LogP contribution >= 0.6 is 0 Å². The first-order valence-electron chi connectivity index (χ1n) is 6.45. The summed E-state index contributed by atoms with van der Waals surface area (Å²) < 4.78 is 0. The number of rotatable bonds is 5. The Balaban J connectivity index is 2.46. The van der Waals surface area contributed by atoms with E-state index in [-0.39, 0.29) is 6.61 Å². The van der Waals surface area contributed by atoms with Gasteiger partial charge in [0.05, 0.1) is 17.1 Å². The van der Waals surface area contributed by atoms with E-state index in [1.807, 2.05) is 37.3 Å². The first kappa shape index (κ1) is 13.3. The van der Waals surface area contributed by atoms with Crippen molar-refractivity contribution in [3.63, 3.8) is 0 Å². The molecule has 0 saturated heterocycles. The van der Waals surface area contributed by atoms with Gasteiger partial charge in [-0.15, -0.1) is 0 Å². The zero-order valence-corrected chi connectivity index (χ0v) is 11.0. The Bertz CT molecular complexity index is 604. The minimum Gasteiger partial charge on any atom is -0.396 e. The average Bonchev–Trinajstić information content (AvgIpc) is 2.47. The number of aromatic nitrogens is 1. The summed E-state index contributed by atoms with van der Waals surface area (Å²) in [5.41, 5.74) is 1.47. The first-order valence-corrected chi connectivity index (χ1v) is 6.45. The van der Waals surface area contributed by atoms with Gasteiger partial charge in [-0.3, -0.25) is 0 Å². The molecule has 4 heteroatoms. The standard InChI is InChI=1S/C15H17N3O/c1-2-18(8-5-9-19)15-10-12(11-16)13-6-3-4-7-14(13)17-15/h3-4,6-7,10,19H,2,5,8-9H2,1H3. The van der Waals surface area contributed by atoms with Crippen molar-refractivity contribution in [2.45, 2.75) is 13.3 Å². The second kappa shape index (κ2) is 6.17. The van der Waals surface area contributed by atoms with Crippen LogP contribution in [0.15, 0.2) is 30.3 Å². The van der Waals surface area contributed by atoms with Gasteiger partial charge in [0.1, 0.15) is 5.82 Å². The van der Waals surface area contributed by atoms with Gasteiger partial charge in [0.15, 0.2) is 0 Å². The van der Waals surface area contributed by atoms with Gasteiger partial charge in [-0.1, -0.05) is 18.2 Å². The Kier molecular flexibility index (Phi) is 4.32. The molecule has 98 valence electrons. The van der Waals surface area contributed by atoms with E-state index in [1.165, 1.54) is 0 Å². The minimum absolute atomic E-state index is 0.162. The van der Waals surface area contributed by atoms with Crippen LogP contribution in [0.3, 0.4) is 0 Å². The third kappa shape index (κ3) is 2.83. The van der Waals surface area contributed by atoms with Gasteiger partial charge >= 0.3 is 0 Å². The minimum atomic E-state index is 0.162. The van der Waals surface area contributed by atoms with Crippen LogP contribution in [0.5, 0.6) is 0 Å². The molecule has 0 aliphatic heterocycles. The predicted octanol–water partition coefficient (Wildman–Crippen LogP) is 2.32. The molecular formula is C15H17N3O. The summed E-state index contributed by atoms with van der Waals surface area (Å²) >= 11 is 0. The van der Waals surface area contributed by atoms with Crippen LogP contribution in [0.25, 0.3) is 10.9 Å². The fraction of sp³-hybridized carbons (Fsp3) is 0.333. The van der Waals surface area contributed by atoms with Crippen molar-refractivity contribution in [1.29, 1.82) is 5.26 Å². The summed E-state index contributed by atoms with van der Waals surface area (Å²) in [6, 6.07) is 11.7. The van der Waals surface area contributed by atoms with Crippen LogP contribution in [-0.2, 0) is 0 Å². The predicted molar refractivity (Wildman–Crippen MR) is 76.0 cm³/mol. The molecule has 1 aromatic heterocycles. The molecule has 1 N–H and O–H groups in total. The van der Waals surface area contributed by atoms with E-state index < -0.39 is 0 Å². The summed E-state index contributed by atoms with van der Waals surface area (Å²) in [4.78, 5) is 6.67. The number of nitriles is 1. The smallest absolute Gasteiger partial charge is 0.130 e. The molecule has 1 aromatic carbocycles. The Morgan fingerprint density at radius 3 is 2.84 bits per heavy atom. The highest BCUT2D eigenvalue weighted by atomic mass is 16.3. The number of pyridine rings is 1. The Morgan fingerprint density at radius 2 is 2.16 bits per heavy atom. The fourth-order valence-electron chi connectivity index (χ4n) is 2.11. The highest BCUT2D eigenvalue weighted by molar-refractivity contribution is 5.86. The van der Waals surface area contributed by atoms with E-state index >= 15 is 0 Å². The Labute approximate surface area is 112 Å². The lowest BCUT2D eigenvalue weighted by molar-refractivity contribution is 0.289. The lowest BCUT2D eigenvalue weighted by Crippen LogP contribution is -2.25. The van der Waals surface area contributed by atoms with Gasteiger partial charge in [0.2, 0.25) is 0 Å². The van der Waals surface area contributed by atoms with Gasteiger partial charge in [0.25, 0.3) is 0 Å². The summed E-state index contributed by atoms with van der Waals surface area (Å²) in [5, 5.41) is 19.1. The summed E-state index contributed by atoms with van der Waals surface area (Å²) in [7, 11) is 0. The van der Waals surface area contributed by atoms with Crippen LogP contribution in [0.4, 0.5) is 5.82 Å². The fourth-order valence-corrected chi connectivity index (χ4v) is 2.11. The number of nitrogens with zero attached hydrogens (tertiary/aromatic N) is 3. The molecule has 0 bridgehead atoms. The topological polar surface area (TPSA) is 60.1 Å². The molecule has 0 aliphatic rings. The average molecular weight is 255 g/mol. The van der Waals surface area contributed by atoms with Crippen molar-refractivity contribution < 1.29 is 5.11 Å². The van der Waals surface area contributed by atoms with Crippen LogP contribution in [0, 0.1) is 11.3 Å². The maximum Gasteiger partial charge on any atom is 0.130 e. The number of anilines is 1. The third-order valence-electron chi connectivity index (χ3n) is 3.11. The quantitative estimate of drug-likeness (QED) is 0.890. The lowest BCUT2D eigenvalue weighted by Gasteiger charge is -2.22. The van der Waals surface area contributed by atoms with Gasteiger partial charge in [-0.05, 0) is 25.5 Å². The highest BCUT2D eigenvalue weighted by Gasteiger charge is 2.10. The number of benzene rings is 1. The Hall–Kier alpha value is -2.12. The monoisotopic (exact) mass is 255 g/mol. The first-order chi connectivity index (χ1) is 9.30. The molecule has 4 nitrogen and oxygen atoms in total. The number of para-hydroxylation sites is 1. The highest BCUT2D eigenvalue weighted by Crippen LogP contribution is 2.22. The molecule has 1 heterocycles. The number of hydrogen-bond donors (Lipinski definition) is 1. The largest absolute Gasteiger partial charge is 0.396 e. The molecule has 0 saturated carbocycles. The van der Waals surface area contributed by atoms with E-state index in [0.717, 1.165) is 29.8 Å². The molecule has 2 aromatic rings. The normalized spacial score (nSPS) is 10.4. The lowest BCUT2D eigenvalue weighted by atomic mass is 10.1. The van der Waals surface area contributed by atoms with Gasteiger partial charge in [0, 0.05) is 25.1 Å². The summed E-state index contributed by atoms with van der Waals surface area (Å²) in [6.45, 7) is 3.74. The SMILES string of the molecule is CCN(CCCO)c1cc(C#N)c2ccccc2n1. The number of aliphatic hydroxyl groups is 1. The van der Waals surface area contributed by atoms with Crippen molar-refractivity contribution in [3.8, 4) is 6.07 Å². The molecule has 0 radical (unpaired) electrons. The zero-order chi connectivity index (χ0) is 13.7. The molecule has 2 rings (SSSR count). The zero-order valence-electron chi connectivity index (χ0n) is 11.0. The van der Waals surface area contributed by atoms with Crippen LogP contribution in [0.2, 0.25) is 0 Å². The van der Waals surface area contributed by atoms with E-state index in [2.05, 4.69) is 16.0 Å². The maximum atomic E-state index is 9.25. The van der Waals surface area contributed by atoms with Crippen molar-refractivity contribution >= 4 is 16.7 Å². The third-order valence-corrected chi connectivity index (χ3v) is 3.11. The van der Waals surface area contributed by atoms with E-state index in [4.69, 9.17) is 5.11 Å². The van der Waals surface area contributed by atoms with Gasteiger partial charge < -0.3 is 10.0 Å². The number of aliphatic hydroxyl groups excluding tert-OH is 1. The van der Waals surface area contributed by atoms with E-state index in [1.54, 1.807) is 0 Å².